The van der Waals surface area contributed by atoms with Crippen LogP contribution in [0.4, 0.5) is 5.69 Å². The zero-order valence-corrected chi connectivity index (χ0v) is 7.78. The zero-order chi connectivity index (χ0) is 10.6. The number of aromatic amines is 1. The van der Waals surface area contributed by atoms with Gasteiger partial charge in [0, 0.05) is 18.3 Å². The number of hydrogen-bond donors (Lipinski definition) is 3. The van der Waals surface area contributed by atoms with E-state index in [1.165, 1.54) is 0 Å². The van der Waals surface area contributed by atoms with Gasteiger partial charge in [0.1, 0.15) is 0 Å². The number of rotatable bonds is 4. The summed E-state index contributed by atoms with van der Waals surface area (Å²) in [5.41, 5.74) is 0.646. The number of carbonyl (C=O) groups excluding carboxylic acids is 1. The number of H-pyrrole nitrogens is 1. The van der Waals surface area contributed by atoms with Gasteiger partial charge in [-0.2, -0.15) is 0 Å². The van der Waals surface area contributed by atoms with Crippen LogP contribution in [0.3, 0.4) is 0 Å². The number of nitrogens with one attached hydrogen (secondary N) is 2. The lowest BCUT2D eigenvalue weighted by Crippen LogP contribution is -2.22. The molecule has 1 aromatic rings. The molecule has 0 spiro atoms. The van der Waals surface area contributed by atoms with Crippen molar-refractivity contribution < 1.29 is 14.7 Å². The summed E-state index contributed by atoms with van der Waals surface area (Å²) in [6, 6.07) is 1.70. The standard InChI is InChI=1S/C9H12N2O3/c1-6(4-8(12)13)9(14)11-7-2-3-10-5-7/h2-3,5-6,10H,4H2,1H3,(H,11,14)(H,12,13). The van der Waals surface area contributed by atoms with Gasteiger partial charge < -0.3 is 15.4 Å². The summed E-state index contributed by atoms with van der Waals surface area (Å²) in [7, 11) is 0. The van der Waals surface area contributed by atoms with E-state index in [-0.39, 0.29) is 12.3 Å². The summed E-state index contributed by atoms with van der Waals surface area (Å²) >= 11 is 0. The van der Waals surface area contributed by atoms with Gasteiger partial charge in [-0.1, -0.05) is 6.92 Å². The summed E-state index contributed by atoms with van der Waals surface area (Å²) in [5.74, 6) is -1.78. The zero-order valence-electron chi connectivity index (χ0n) is 7.78. The molecule has 5 nitrogen and oxygen atoms in total. The van der Waals surface area contributed by atoms with Crippen LogP contribution in [0, 0.1) is 5.92 Å². The second-order valence-electron chi connectivity index (χ2n) is 3.09. The van der Waals surface area contributed by atoms with Crippen LogP contribution < -0.4 is 5.32 Å². The smallest absolute Gasteiger partial charge is 0.304 e. The van der Waals surface area contributed by atoms with Crippen molar-refractivity contribution in [1.29, 1.82) is 0 Å². The second kappa shape index (κ2) is 4.45. The molecule has 0 saturated heterocycles. The normalized spacial score (nSPS) is 12.1. The van der Waals surface area contributed by atoms with Crippen molar-refractivity contribution in [2.24, 2.45) is 5.92 Å². The van der Waals surface area contributed by atoms with Crippen LogP contribution in [-0.2, 0) is 9.59 Å². The Morgan fingerprint density at radius 3 is 2.86 bits per heavy atom. The van der Waals surface area contributed by atoms with Crippen LogP contribution >= 0.6 is 0 Å². The number of carboxylic acid groups (broad SMARTS) is 1. The average molecular weight is 196 g/mol. The largest absolute Gasteiger partial charge is 0.481 e. The van der Waals surface area contributed by atoms with E-state index in [1.54, 1.807) is 25.4 Å². The lowest BCUT2D eigenvalue weighted by Gasteiger charge is -2.07. The van der Waals surface area contributed by atoms with Gasteiger partial charge >= 0.3 is 5.97 Å². The Kier molecular flexibility index (Phi) is 3.28. The topological polar surface area (TPSA) is 82.2 Å². The van der Waals surface area contributed by atoms with E-state index in [0.717, 1.165) is 0 Å². The SMILES string of the molecule is CC(CC(=O)O)C(=O)Nc1cc[nH]c1. The van der Waals surface area contributed by atoms with Crippen LogP contribution in [-0.4, -0.2) is 22.0 Å². The van der Waals surface area contributed by atoms with Crippen molar-refractivity contribution in [2.45, 2.75) is 13.3 Å². The first-order valence-electron chi connectivity index (χ1n) is 4.25. The predicted octanol–water partition coefficient (Wildman–Crippen LogP) is 1.06. The predicted molar refractivity (Wildman–Crippen MR) is 50.8 cm³/mol. The first kappa shape index (κ1) is 10.3. The van der Waals surface area contributed by atoms with Crippen molar-refractivity contribution in [3.8, 4) is 0 Å². The highest BCUT2D eigenvalue weighted by Crippen LogP contribution is 2.08. The Labute approximate surface area is 81.1 Å². The van der Waals surface area contributed by atoms with Crippen molar-refractivity contribution in [3.05, 3.63) is 18.5 Å². The highest BCUT2D eigenvalue weighted by Gasteiger charge is 2.16. The molecule has 1 aromatic heterocycles. The summed E-state index contributed by atoms with van der Waals surface area (Å²) in [6.45, 7) is 1.58. The van der Waals surface area contributed by atoms with E-state index in [2.05, 4.69) is 10.3 Å². The quantitative estimate of drug-likeness (QED) is 0.673. The summed E-state index contributed by atoms with van der Waals surface area (Å²) < 4.78 is 0. The first-order valence-corrected chi connectivity index (χ1v) is 4.25. The minimum absolute atomic E-state index is 0.156. The van der Waals surface area contributed by atoms with Gasteiger partial charge in [-0.25, -0.2) is 0 Å². The molecule has 0 radical (unpaired) electrons. The molecule has 76 valence electrons. The third-order valence-corrected chi connectivity index (χ3v) is 1.79. The van der Waals surface area contributed by atoms with Crippen LogP contribution in [0.15, 0.2) is 18.5 Å². The van der Waals surface area contributed by atoms with E-state index in [9.17, 15) is 9.59 Å². The molecule has 3 N–H and O–H groups in total. The Morgan fingerprint density at radius 2 is 2.36 bits per heavy atom. The molecule has 1 unspecified atom stereocenters. The van der Waals surface area contributed by atoms with Crippen molar-refractivity contribution in [3.63, 3.8) is 0 Å². The molecular formula is C9H12N2O3. The van der Waals surface area contributed by atoms with Crippen LogP contribution in [0.1, 0.15) is 13.3 Å². The lowest BCUT2D eigenvalue weighted by molar-refractivity contribution is -0.139. The molecule has 1 rings (SSSR count). The Hall–Kier alpha value is -1.78. The first-order chi connectivity index (χ1) is 6.59. The number of carbonyl (C=O) groups is 2. The van der Waals surface area contributed by atoms with Crippen molar-refractivity contribution in [2.75, 3.05) is 5.32 Å². The summed E-state index contributed by atoms with van der Waals surface area (Å²) in [6.07, 6.45) is 3.15. The molecule has 0 aliphatic carbocycles. The van der Waals surface area contributed by atoms with E-state index in [4.69, 9.17) is 5.11 Å². The number of amides is 1. The molecule has 0 aliphatic heterocycles. The van der Waals surface area contributed by atoms with Gasteiger partial charge in [-0.3, -0.25) is 9.59 Å². The maximum atomic E-state index is 11.4. The van der Waals surface area contributed by atoms with Crippen LogP contribution in [0.25, 0.3) is 0 Å². The van der Waals surface area contributed by atoms with E-state index < -0.39 is 11.9 Å². The maximum absolute atomic E-state index is 11.4. The second-order valence-corrected chi connectivity index (χ2v) is 3.09. The fraction of sp³-hybridized carbons (Fsp3) is 0.333. The van der Waals surface area contributed by atoms with E-state index >= 15 is 0 Å². The highest BCUT2D eigenvalue weighted by molar-refractivity contribution is 5.93. The average Bonchev–Trinajstić information content (AvgIpc) is 2.55. The highest BCUT2D eigenvalue weighted by atomic mass is 16.4. The molecule has 14 heavy (non-hydrogen) atoms. The molecule has 0 aromatic carbocycles. The summed E-state index contributed by atoms with van der Waals surface area (Å²) in [4.78, 5) is 24.5. The van der Waals surface area contributed by atoms with E-state index in [0.29, 0.717) is 5.69 Å². The number of carboxylic acids is 1. The van der Waals surface area contributed by atoms with Crippen LogP contribution in [0.5, 0.6) is 0 Å². The van der Waals surface area contributed by atoms with E-state index in [1.807, 2.05) is 0 Å². The Bertz CT molecular complexity index is 319. The number of aromatic nitrogens is 1. The molecule has 1 atom stereocenters. The monoisotopic (exact) mass is 196 g/mol. The van der Waals surface area contributed by atoms with Gasteiger partial charge in [-0.15, -0.1) is 0 Å². The molecular weight excluding hydrogens is 184 g/mol. The molecule has 5 heteroatoms. The Balaban J connectivity index is 2.46. The third-order valence-electron chi connectivity index (χ3n) is 1.79. The lowest BCUT2D eigenvalue weighted by atomic mass is 10.1. The summed E-state index contributed by atoms with van der Waals surface area (Å²) in [5, 5.41) is 11.1. The number of hydrogen-bond acceptors (Lipinski definition) is 2. The molecule has 0 saturated carbocycles. The number of aliphatic carboxylic acids is 1. The molecule has 0 fully saturated rings. The van der Waals surface area contributed by atoms with Crippen molar-refractivity contribution >= 4 is 17.6 Å². The maximum Gasteiger partial charge on any atom is 0.304 e. The number of anilines is 1. The van der Waals surface area contributed by atoms with Gasteiger partial charge in [0.25, 0.3) is 0 Å². The van der Waals surface area contributed by atoms with Gasteiger partial charge in [0.05, 0.1) is 12.1 Å². The minimum Gasteiger partial charge on any atom is -0.481 e. The molecule has 1 heterocycles. The minimum atomic E-state index is -0.971. The third kappa shape index (κ3) is 2.93. The fourth-order valence-electron chi connectivity index (χ4n) is 1.02. The van der Waals surface area contributed by atoms with Crippen molar-refractivity contribution in [1.82, 2.24) is 4.98 Å². The molecule has 0 aliphatic rings. The van der Waals surface area contributed by atoms with Gasteiger partial charge in [0.15, 0.2) is 0 Å². The van der Waals surface area contributed by atoms with Crippen LogP contribution in [0.2, 0.25) is 0 Å². The van der Waals surface area contributed by atoms with Gasteiger partial charge in [0.2, 0.25) is 5.91 Å². The fourth-order valence-corrected chi connectivity index (χ4v) is 1.02. The molecule has 1 amide bonds. The Morgan fingerprint density at radius 1 is 1.64 bits per heavy atom. The van der Waals surface area contributed by atoms with Gasteiger partial charge in [-0.05, 0) is 6.07 Å². The molecule has 0 bridgehead atoms.